The average molecular weight is 299 g/mol. The molecule has 2 N–H and O–H groups in total. The molecule has 0 bridgehead atoms. The van der Waals surface area contributed by atoms with Crippen LogP contribution < -0.4 is 0 Å². The second-order valence-electron chi connectivity index (χ2n) is 6.44. The first-order valence-corrected chi connectivity index (χ1v) is 7.64. The monoisotopic (exact) mass is 299 g/mol. The van der Waals surface area contributed by atoms with Crippen LogP contribution in [0.2, 0.25) is 5.82 Å². The Balaban J connectivity index is 2.45. The van der Waals surface area contributed by atoms with Gasteiger partial charge in [0.25, 0.3) is 0 Å². The molecule has 1 aliphatic carbocycles. The third kappa shape index (κ3) is 8.29. The van der Waals surface area contributed by atoms with Crippen LogP contribution in [0.1, 0.15) is 33.6 Å². The van der Waals surface area contributed by atoms with Crippen LogP contribution >= 0.6 is 0 Å². The van der Waals surface area contributed by atoms with Crippen molar-refractivity contribution in [3.63, 3.8) is 0 Å². The predicted molar refractivity (Wildman–Crippen MR) is 82.3 cm³/mol. The summed E-state index contributed by atoms with van der Waals surface area (Å²) in [6, 6.07) is 0. The highest BCUT2D eigenvalue weighted by Crippen LogP contribution is 2.35. The molecule has 0 aliphatic heterocycles. The highest BCUT2D eigenvalue weighted by atomic mass is 16.6. The smallest absolute Gasteiger partial charge is 0.410 e. The van der Waals surface area contributed by atoms with Gasteiger partial charge in [-0.25, -0.2) is 4.79 Å². The van der Waals surface area contributed by atoms with Gasteiger partial charge in [-0.2, -0.15) is 0 Å². The number of aliphatic hydroxyl groups is 2. The minimum atomic E-state index is -0.546. The second-order valence-corrected chi connectivity index (χ2v) is 6.44. The van der Waals surface area contributed by atoms with Gasteiger partial charge in [-0.1, -0.05) is 18.7 Å². The Kier molecular flexibility index (Phi) is 7.49. The molecule has 6 nitrogen and oxygen atoms in total. The summed E-state index contributed by atoms with van der Waals surface area (Å²) in [4.78, 5) is 15.6. The normalized spacial score (nSPS) is 15.1. The zero-order chi connectivity index (χ0) is 15.9. The molecule has 0 aromatic rings. The number of carbonyl (C=O) groups excluding carboxylic acids is 1. The van der Waals surface area contributed by atoms with Crippen molar-refractivity contribution in [1.82, 2.24) is 9.71 Å². The maximum absolute atomic E-state index is 12.1. The summed E-state index contributed by atoms with van der Waals surface area (Å²) in [7, 11) is 2.14. The summed E-state index contributed by atoms with van der Waals surface area (Å²) < 4.78 is 5.34. The molecule has 0 heterocycles. The van der Waals surface area contributed by atoms with Crippen molar-refractivity contribution in [3.8, 4) is 0 Å². The molecule has 7 heteroatoms. The third-order valence-corrected chi connectivity index (χ3v) is 3.11. The summed E-state index contributed by atoms with van der Waals surface area (Å²) in [5.74, 6) is 0.615. The van der Waals surface area contributed by atoms with Gasteiger partial charge in [-0.15, -0.1) is 0 Å². The molecule has 21 heavy (non-hydrogen) atoms. The van der Waals surface area contributed by atoms with Crippen molar-refractivity contribution >= 4 is 13.5 Å². The topological polar surface area (TPSA) is 73.2 Å². The largest absolute Gasteiger partial charge is 0.444 e. The number of hydrogen-bond acceptors (Lipinski definition) is 5. The van der Waals surface area contributed by atoms with Crippen LogP contribution in [-0.4, -0.2) is 78.4 Å². The van der Waals surface area contributed by atoms with E-state index in [2.05, 4.69) is 7.41 Å². The maximum atomic E-state index is 12.1. The van der Waals surface area contributed by atoms with Crippen molar-refractivity contribution in [2.75, 3.05) is 39.4 Å². The van der Waals surface area contributed by atoms with Crippen LogP contribution in [0.4, 0.5) is 4.79 Å². The van der Waals surface area contributed by atoms with Crippen molar-refractivity contribution in [1.29, 1.82) is 0 Å². The van der Waals surface area contributed by atoms with E-state index in [4.69, 9.17) is 14.9 Å². The third-order valence-electron chi connectivity index (χ3n) is 3.11. The zero-order valence-corrected chi connectivity index (χ0v) is 13.4. The molecule has 0 aromatic heterocycles. The van der Waals surface area contributed by atoms with Crippen LogP contribution in [-0.2, 0) is 4.74 Å². The molecule has 0 aromatic carbocycles. The fraction of sp³-hybridized carbons (Fsp3) is 0.929. The first-order valence-electron chi connectivity index (χ1n) is 7.64. The van der Waals surface area contributed by atoms with E-state index in [1.165, 1.54) is 17.7 Å². The van der Waals surface area contributed by atoms with E-state index in [-0.39, 0.29) is 19.8 Å². The SMILES string of the molecule is CC(C)(C)OC(=O)N(CCO)CCN([B]C1CC1)CCO. The minimum Gasteiger partial charge on any atom is -0.444 e. The number of carbonyl (C=O) groups is 1. The molecule has 0 saturated heterocycles. The van der Waals surface area contributed by atoms with Crippen LogP contribution in [0.3, 0.4) is 0 Å². The van der Waals surface area contributed by atoms with Crippen molar-refractivity contribution in [3.05, 3.63) is 0 Å². The van der Waals surface area contributed by atoms with Crippen LogP contribution in [0.5, 0.6) is 0 Å². The highest BCUT2D eigenvalue weighted by molar-refractivity contribution is 6.35. The summed E-state index contributed by atoms with van der Waals surface area (Å²) in [5, 5.41) is 18.2. The molecule has 1 rings (SSSR count). The first-order chi connectivity index (χ1) is 9.85. The maximum Gasteiger partial charge on any atom is 0.410 e. The molecule has 1 amide bonds. The number of amides is 1. The second kappa shape index (κ2) is 8.61. The van der Waals surface area contributed by atoms with Crippen LogP contribution in [0, 0.1) is 0 Å². The number of nitrogens with zero attached hydrogens (tertiary/aromatic N) is 2. The Morgan fingerprint density at radius 2 is 1.76 bits per heavy atom. The molecule has 0 spiro atoms. The van der Waals surface area contributed by atoms with Gasteiger partial charge in [0.15, 0.2) is 0 Å². The Morgan fingerprint density at radius 3 is 2.24 bits per heavy atom. The number of aliphatic hydroxyl groups excluding tert-OH is 2. The van der Waals surface area contributed by atoms with E-state index in [0.717, 1.165) is 0 Å². The van der Waals surface area contributed by atoms with Crippen molar-refractivity contribution in [2.45, 2.75) is 45.0 Å². The molecular formula is C14H28BN2O4. The highest BCUT2D eigenvalue weighted by Gasteiger charge is 2.27. The van der Waals surface area contributed by atoms with E-state index in [9.17, 15) is 4.79 Å². The van der Waals surface area contributed by atoms with Gasteiger partial charge in [0.2, 0.25) is 7.41 Å². The van der Waals surface area contributed by atoms with Gasteiger partial charge in [0.05, 0.1) is 13.2 Å². The fourth-order valence-electron chi connectivity index (χ4n) is 1.92. The summed E-state index contributed by atoms with van der Waals surface area (Å²) in [6.07, 6.45) is 2.00. The summed E-state index contributed by atoms with van der Waals surface area (Å²) in [6.45, 7) is 7.39. The van der Waals surface area contributed by atoms with Crippen LogP contribution in [0.15, 0.2) is 0 Å². The molecule has 1 aliphatic rings. The Morgan fingerprint density at radius 1 is 1.14 bits per heavy atom. The quantitative estimate of drug-likeness (QED) is 0.614. The molecule has 121 valence electrons. The lowest BCUT2D eigenvalue weighted by Gasteiger charge is -2.29. The minimum absolute atomic E-state index is 0.0917. The van der Waals surface area contributed by atoms with E-state index in [1.807, 2.05) is 25.6 Å². The Hall–Kier alpha value is -0.785. The standard InChI is InChI=1S/C14H28BN2O4/c1-14(2,3)21-13(20)16(8-10-18)6-7-17(9-11-19)15-12-4-5-12/h12,18-19H,4-11H2,1-3H3. The van der Waals surface area contributed by atoms with Gasteiger partial charge in [-0.3, -0.25) is 0 Å². The Labute approximate surface area is 128 Å². The lowest BCUT2D eigenvalue weighted by molar-refractivity contribution is 0.0211. The van der Waals surface area contributed by atoms with Gasteiger partial charge in [-0.05, 0) is 20.8 Å². The van der Waals surface area contributed by atoms with Gasteiger partial charge < -0.3 is 24.7 Å². The lowest BCUT2D eigenvalue weighted by atomic mass is 9.83. The molecule has 1 radical (unpaired) electrons. The van der Waals surface area contributed by atoms with Gasteiger partial charge >= 0.3 is 6.09 Å². The van der Waals surface area contributed by atoms with E-state index in [0.29, 0.717) is 25.5 Å². The Bertz CT molecular complexity index is 319. The number of hydrogen-bond donors (Lipinski definition) is 2. The lowest BCUT2D eigenvalue weighted by Crippen LogP contribution is -2.44. The fourth-order valence-corrected chi connectivity index (χ4v) is 1.92. The molecule has 0 atom stereocenters. The number of rotatable bonds is 9. The summed E-state index contributed by atoms with van der Waals surface area (Å²) >= 11 is 0. The van der Waals surface area contributed by atoms with Crippen molar-refractivity contribution in [2.24, 2.45) is 0 Å². The zero-order valence-electron chi connectivity index (χ0n) is 13.4. The summed E-state index contributed by atoms with van der Waals surface area (Å²) in [5.41, 5.74) is -0.546. The van der Waals surface area contributed by atoms with E-state index >= 15 is 0 Å². The molecule has 1 saturated carbocycles. The predicted octanol–water partition coefficient (Wildman–Crippen LogP) is 0.712. The van der Waals surface area contributed by atoms with Crippen LogP contribution in [0.25, 0.3) is 0 Å². The number of ether oxygens (including phenoxy) is 1. The van der Waals surface area contributed by atoms with Gasteiger partial charge in [0, 0.05) is 26.2 Å². The molecule has 1 fully saturated rings. The molecule has 0 unspecified atom stereocenters. The first kappa shape index (κ1) is 18.3. The van der Waals surface area contributed by atoms with Gasteiger partial charge in [0.1, 0.15) is 5.60 Å². The van der Waals surface area contributed by atoms with E-state index < -0.39 is 11.7 Å². The average Bonchev–Trinajstić information content (AvgIpc) is 3.16. The van der Waals surface area contributed by atoms with Crippen molar-refractivity contribution < 1.29 is 19.7 Å². The molecular weight excluding hydrogens is 271 g/mol. The van der Waals surface area contributed by atoms with E-state index in [1.54, 1.807) is 0 Å².